The third-order valence-electron chi connectivity index (χ3n) is 11.5. The lowest BCUT2D eigenvalue weighted by molar-refractivity contribution is -0.141. The van der Waals surface area contributed by atoms with Crippen LogP contribution < -0.4 is 5.32 Å². The number of rotatable bonds is 7. The molecule has 10 heteroatoms. The monoisotopic (exact) mass is 745 g/mol. The topological polar surface area (TPSA) is 157 Å². The number of aliphatic hydroxyl groups excluding tert-OH is 1. The second-order valence-electron chi connectivity index (χ2n) is 14.6. The van der Waals surface area contributed by atoms with Crippen LogP contribution in [0.25, 0.3) is 6.08 Å². The van der Waals surface area contributed by atoms with Crippen molar-refractivity contribution in [3.63, 3.8) is 0 Å². The minimum Gasteiger partial charge on any atom is -0.511 e. The second kappa shape index (κ2) is 15.0. The van der Waals surface area contributed by atoms with Gasteiger partial charge in [-0.25, -0.2) is 19.8 Å². The number of benzene rings is 1. The molecule has 1 saturated heterocycles. The highest BCUT2D eigenvalue weighted by Crippen LogP contribution is 2.47. The van der Waals surface area contributed by atoms with Crippen LogP contribution in [0.5, 0.6) is 0 Å². The summed E-state index contributed by atoms with van der Waals surface area (Å²) < 4.78 is 5.07. The summed E-state index contributed by atoms with van der Waals surface area (Å²) in [6.45, 7) is 12.5. The van der Waals surface area contributed by atoms with Gasteiger partial charge in [0.2, 0.25) is 0 Å². The Morgan fingerprint density at radius 3 is 2.30 bits per heavy atom. The van der Waals surface area contributed by atoms with Gasteiger partial charge in [0, 0.05) is 52.8 Å². The van der Waals surface area contributed by atoms with Gasteiger partial charge < -0.3 is 20.3 Å². The number of hydrogen-bond acceptors (Lipinski definition) is 9. The molecule has 0 radical (unpaired) electrons. The van der Waals surface area contributed by atoms with E-state index in [-0.39, 0.29) is 35.6 Å². The van der Waals surface area contributed by atoms with E-state index in [9.17, 15) is 25.1 Å². The first kappa shape index (κ1) is 37.8. The predicted octanol–water partition coefficient (Wildman–Crippen LogP) is 8.43. The predicted molar refractivity (Wildman–Crippen MR) is 217 cm³/mol. The molecule has 0 amide bonds. The summed E-state index contributed by atoms with van der Waals surface area (Å²) in [4.78, 5) is 39.6. The molecule has 10 nitrogen and oxygen atoms in total. The molecule has 282 valence electrons. The average Bonchev–Trinajstić information content (AvgIpc) is 3.95. The largest absolute Gasteiger partial charge is 0.511 e. The number of carboxylic acids is 1. The molecule has 5 heterocycles. The minimum absolute atomic E-state index is 0.134. The van der Waals surface area contributed by atoms with Gasteiger partial charge in [-0.15, -0.1) is 0 Å². The molecule has 1 fully saturated rings. The molecule has 7 rings (SSSR count). The zero-order valence-corrected chi connectivity index (χ0v) is 32.6. The van der Waals surface area contributed by atoms with Gasteiger partial charge in [-0.1, -0.05) is 44.7 Å². The van der Waals surface area contributed by atoms with Crippen LogP contribution in [-0.4, -0.2) is 46.4 Å². The number of aliphatic carboxylic acids is 1. The zero-order valence-electron chi connectivity index (χ0n) is 32.6. The molecule has 0 spiro atoms. The molecule has 0 saturated carbocycles. The van der Waals surface area contributed by atoms with Crippen LogP contribution in [0, 0.1) is 35.0 Å². The number of fused-ring (bicyclic) bond motifs is 5. The Kier molecular flexibility index (Phi) is 10.1. The number of ether oxygens (including phenoxy) is 1. The van der Waals surface area contributed by atoms with Gasteiger partial charge in [-0.3, -0.25) is 4.79 Å². The number of nitrogens with zero attached hydrogens (tertiary/aromatic N) is 4. The molecular formula is C46H43N5O5. The van der Waals surface area contributed by atoms with Gasteiger partial charge in [0.05, 0.1) is 46.9 Å². The molecular weight excluding hydrogens is 703 g/mol. The number of carbonyl (C=O) groups is 2. The number of hydrogen-bond donors (Lipinski definition) is 3. The van der Waals surface area contributed by atoms with Gasteiger partial charge in [0.25, 0.3) is 0 Å². The maximum atomic E-state index is 12.6. The van der Waals surface area contributed by atoms with E-state index >= 15 is 0 Å². The lowest BCUT2D eigenvalue weighted by Gasteiger charge is -2.17. The number of esters is 1. The highest BCUT2D eigenvalue weighted by Gasteiger charge is 2.42. The molecule has 0 aromatic heterocycles. The standard InChI is InChI=1S/C46H43N5O5/c1-8-30-23(3)35-20-38-31(9-2)24(4)42(50-38)33(15-14-27-10-12-28(13-11-27)18-29(22-47)46(54)55)43-25(5)32(16-17-40(53)56-7)44(51-43)34-19-39(52)41-26(6)36(49-45(34)41)21-37(30)48-35/h10-13,18,20-21,25,32,51-52H,8-9,16-17,19H2,1-7H3,(H,54,55)/b29-18+,37-21?,38-20?,43-33?,44-34?/t25-,32-/m0/s1. The maximum absolute atomic E-state index is 12.6. The van der Waals surface area contributed by atoms with Gasteiger partial charge in [-0.2, -0.15) is 5.26 Å². The molecule has 1 aromatic rings. The van der Waals surface area contributed by atoms with Crippen LogP contribution >= 0.6 is 0 Å². The second-order valence-corrected chi connectivity index (χ2v) is 14.6. The summed E-state index contributed by atoms with van der Waals surface area (Å²) in [5.41, 5.74) is 15.0. The first-order valence-corrected chi connectivity index (χ1v) is 18.9. The van der Waals surface area contributed by atoms with Crippen LogP contribution in [0.15, 0.2) is 136 Å². The number of methoxy groups -OCH3 is 1. The third kappa shape index (κ3) is 6.51. The molecule has 3 N–H and O–H groups in total. The number of nitrogens with one attached hydrogen (secondary N) is 1. The van der Waals surface area contributed by atoms with Crippen molar-refractivity contribution in [2.45, 2.75) is 73.6 Å². The fourth-order valence-corrected chi connectivity index (χ4v) is 8.37. The Morgan fingerprint density at radius 1 is 0.946 bits per heavy atom. The van der Waals surface area contributed by atoms with Crippen molar-refractivity contribution in [3.05, 3.63) is 132 Å². The summed E-state index contributed by atoms with van der Waals surface area (Å²) in [6.07, 6.45) is 7.97. The van der Waals surface area contributed by atoms with E-state index in [1.807, 2.05) is 13.0 Å². The highest BCUT2D eigenvalue weighted by molar-refractivity contribution is 6.22. The Balaban J connectivity index is 1.48. The van der Waals surface area contributed by atoms with Crippen LogP contribution in [0.3, 0.4) is 0 Å². The van der Waals surface area contributed by atoms with Gasteiger partial charge in [-0.05, 0) is 104 Å². The highest BCUT2D eigenvalue weighted by atomic mass is 16.5. The van der Waals surface area contributed by atoms with E-state index in [4.69, 9.17) is 19.7 Å². The van der Waals surface area contributed by atoms with E-state index < -0.39 is 5.97 Å². The Hall–Kier alpha value is -6.52. The van der Waals surface area contributed by atoms with Crippen molar-refractivity contribution < 1.29 is 24.5 Å². The first-order valence-electron chi connectivity index (χ1n) is 18.9. The maximum Gasteiger partial charge on any atom is 0.346 e. The Bertz CT molecular complexity index is 2520. The third-order valence-corrected chi connectivity index (χ3v) is 11.5. The Labute approximate surface area is 326 Å². The molecule has 5 aliphatic heterocycles. The van der Waals surface area contributed by atoms with Gasteiger partial charge in [0.15, 0.2) is 0 Å². The minimum atomic E-state index is -1.29. The van der Waals surface area contributed by atoms with Crippen molar-refractivity contribution in [2.24, 2.45) is 26.8 Å². The van der Waals surface area contributed by atoms with Gasteiger partial charge in [0.1, 0.15) is 17.4 Å². The van der Waals surface area contributed by atoms with Crippen molar-refractivity contribution in [2.75, 3.05) is 7.11 Å². The molecule has 56 heavy (non-hydrogen) atoms. The smallest absolute Gasteiger partial charge is 0.346 e. The summed E-state index contributed by atoms with van der Waals surface area (Å²) in [6, 6.07) is 8.75. The van der Waals surface area contributed by atoms with E-state index in [2.05, 4.69) is 57.9 Å². The van der Waals surface area contributed by atoms with Gasteiger partial charge >= 0.3 is 11.9 Å². The summed E-state index contributed by atoms with van der Waals surface area (Å²) >= 11 is 0. The Morgan fingerprint density at radius 2 is 1.64 bits per heavy atom. The van der Waals surface area contributed by atoms with Crippen LogP contribution in [0.1, 0.15) is 84.8 Å². The lowest BCUT2D eigenvalue weighted by atomic mass is 9.84. The number of aliphatic imine (C=N–C) groups is 3. The molecule has 1 aromatic carbocycles. The fraction of sp³-hybridized carbons (Fsp3) is 0.304. The van der Waals surface area contributed by atoms with Crippen LogP contribution in [0.2, 0.25) is 0 Å². The van der Waals surface area contributed by atoms with E-state index in [0.717, 1.165) is 97.5 Å². The zero-order chi connectivity index (χ0) is 40.0. The summed E-state index contributed by atoms with van der Waals surface area (Å²) in [5, 5.41) is 33.8. The van der Waals surface area contributed by atoms with Crippen LogP contribution in [-0.2, 0) is 14.3 Å². The van der Waals surface area contributed by atoms with E-state index in [1.54, 1.807) is 30.3 Å². The van der Waals surface area contributed by atoms with E-state index in [1.165, 1.54) is 13.2 Å². The first-order chi connectivity index (χ1) is 26.9. The van der Waals surface area contributed by atoms with Crippen LogP contribution in [0.4, 0.5) is 0 Å². The summed E-state index contributed by atoms with van der Waals surface area (Å²) in [7, 11) is 1.39. The number of carbonyl (C=O) groups excluding carboxylic acids is 1. The summed E-state index contributed by atoms with van der Waals surface area (Å²) in [5.74, 6) is 5.22. The van der Waals surface area contributed by atoms with Crippen molar-refractivity contribution in [3.8, 4) is 17.9 Å². The number of carboxylic acid groups (broad SMARTS) is 1. The van der Waals surface area contributed by atoms with Crippen molar-refractivity contribution in [1.29, 1.82) is 5.26 Å². The molecule has 6 aliphatic rings. The lowest BCUT2D eigenvalue weighted by Crippen LogP contribution is -2.16. The SMILES string of the molecule is CCC1=C(C)C2=NC1=CC1=C(C)C3=C(O)CC(=C4NC(=C(C#Cc5ccc(/C=C(\C#N)C(=O)O)cc5)C5=NC(=C2)C(CC)=C5C)[C@@H](C)[C@@H]4CCC(=O)OC)C3=N1. The van der Waals surface area contributed by atoms with E-state index in [0.29, 0.717) is 29.5 Å². The van der Waals surface area contributed by atoms with Crippen molar-refractivity contribution in [1.82, 2.24) is 5.32 Å². The fourth-order valence-electron chi connectivity index (χ4n) is 8.37. The number of allylic oxidation sites excluding steroid dienone is 12. The molecule has 1 aliphatic carbocycles. The molecule has 0 unspecified atom stereocenters. The quantitative estimate of drug-likeness (QED) is 0.109. The number of aliphatic hydroxyl groups is 1. The average molecular weight is 746 g/mol. The molecule has 2 atom stereocenters. The number of nitriles is 1. The van der Waals surface area contributed by atoms with Crippen molar-refractivity contribution >= 4 is 35.1 Å². The normalized spacial score (nSPS) is 21.5. The molecule has 8 bridgehead atoms.